The van der Waals surface area contributed by atoms with Crippen LogP contribution in [-0.4, -0.2) is 44.4 Å². The first-order valence-electron chi connectivity index (χ1n) is 9.21. The van der Waals surface area contributed by atoms with E-state index in [9.17, 15) is 4.79 Å². The van der Waals surface area contributed by atoms with Gasteiger partial charge in [0.2, 0.25) is 5.91 Å². The summed E-state index contributed by atoms with van der Waals surface area (Å²) in [7, 11) is 0. The molecule has 2 aromatic carbocycles. The largest absolute Gasteiger partial charge is 0.342 e. The van der Waals surface area contributed by atoms with Gasteiger partial charge in [0.15, 0.2) is 11.0 Å². The molecule has 138 valence electrons. The van der Waals surface area contributed by atoms with Crippen LogP contribution in [0.15, 0.2) is 59.8 Å². The number of aryl methyl sites for hydroxylation is 1. The van der Waals surface area contributed by atoms with Crippen molar-refractivity contribution in [1.29, 1.82) is 0 Å². The molecule has 1 saturated heterocycles. The van der Waals surface area contributed by atoms with E-state index in [0.717, 1.165) is 48.2 Å². The molecular formula is C21H22N4OS. The van der Waals surface area contributed by atoms with Gasteiger partial charge in [0.05, 0.1) is 5.75 Å². The Morgan fingerprint density at radius 3 is 2.56 bits per heavy atom. The molecule has 4 rings (SSSR count). The van der Waals surface area contributed by atoms with E-state index in [0.29, 0.717) is 5.75 Å². The van der Waals surface area contributed by atoms with Crippen molar-refractivity contribution < 1.29 is 4.79 Å². The predicted molar refractivity (Wildman–Crippen MR) is 108 cm³/mol. The van der Waals surface area contributed by atoms with Gasteiger partial charge in [-0.3, -0.25) is 9.36 Å². The molecule has 1 aliphatic heterocycles. The molecule has 1 aliphatic rings. The molecule has 0 spiro atoms. The molecule has 27 heavy (non-hydrogen) atoms. The Kier molecular flexibility index (Phi) is 5.25. The molecule has 1 aromatic heterocycles. The highest BCUT2D eigenvalue weighted by atomic mass is 32.2. The predicted octanol–water partition coefficient (Wildman–Crippen LogP) is 3.96. The minimum Gasteiger partial charge on any atom is -0.342 e. The molecule has 0 radical (unpaired) electrons. The summed E-state index contributed by atoms with van der Waals surface area (Å²) in [4.78, 5) is 14.4. The van der Waals surface area contributed by atoms with Gasteiger partial charge < -0.3 is 4.90 Å². The van der Waals surface area contributed by atoms with Crippen LogP contribution >= 0.6 is 11.8 Å². The van der Waals surface area contributed by atoms with Crippen LogP contribution in [0.4, 0.5) is 0 Å². The highest BCUT2D eigenvalue weighted by Crippen LogP contribution is 2.28. The number of carbonyl (C=O) groups excluding carboxylic acids is 1. The quantitative estimate of drug-likeness (QED) is 0.631. The second-order valence-corrected chi connectivity index (χ2v) is 7.67. The summed E-state index contributed by atoms with van der Waals surface area (Å²) >= 11 is 1.45. The Balaban J connectivity index is 1.66. The summed E-state index contributed by atoms with van der Waals surface area (Å²) < 4.78 is 2.04. The minimum absolute atomic E-state index is 0.178. The van der Waals surface area contributed by atoms with E-state index in [1.54, 1.807) is 0 Å². The molecular weight excluding hydrogens is 356 g/mol. The normalized spacial score (nSPS) is 13.9. The van der Waals surface area contributed by atoms with Gasteiger partial charge in [0.1, 0.15) is 0 Å². The number of hydrogen-bond acceptors (Lipinski definition) is 4. The first-order chi connectivity index (χ1) is 13.2. The third kappa shape index (κ3) is 3.90. The second kappa shape index (κ2) is 7.96. The van der Waals surface area contributed by atoms with Crippen LogP contribution in [0.25, 0.3) is 17.1 Å². The summed E-state index contributed by atoms with van der Waals surface area (Å²) in [6.45, 7) is 3.82. The highest BCUT2D eigenvalue weighted by molar-refractivity contribution is 7.99. The number of thioether (sulfide) groups is 1. The average Bonchev–Trinajstić information content (AvgIpc) is 3.37. The maximum atomic E-state index is 12.4. The summed E-state index contributed by atoms with van der Waals surface area (Å²) in [6, 6.07) is 18.3. The van der Waals surface area contributed by atoms with Crippen molar-refractivity contribution in [1.82, 2.24) is 19.7 Å². The van der Waals surface area contributed by atoms with Gasteiger partial charge in [-0.05, 0) is 38.0 Å². The van der Waals surface area contributed by atoms with Crippen LogP contribution < -0.4 is 0 Å². The van der Waals surface area contributed by atoms with Crippen molar-refractivity contribution in [2.24, 2.45) is 0 Å². The van der Waals surface area contributed by atoms with E-state index in [1.807, 2.05) is 51.9 Å². The summed E-state index contributed by atoms with van der Waals surface area (Å²) in [5, 5.41) is 9.59. The van der Waals surface area contributed by atoms with E-state index >= 15 is 0 Å². The lowest BCUT2D eigenvalue weighted by Crippen LogP contribution is -2.29. The number of benzene rings is 2. The number of aromatic nitrogens is 3. The maximum Gasteiger partial charge on any atom is 0.233 e. The van der Waals surface area contributed by atoms with Gasteiger partial charge in [0, 0.05) is 24.3 Å². The number of likely N-dealkylation sites (tertiary alicyclic amines) is 1. The van der Waals surface area contributed by atoms with E-state index < -0.39 is 0 Å². The van der Waals surface area contributed by atoms with Gasteiger partial charge in [-0.25, -0.2) is 0 Å². The molecule has 5 nitrogen and oxygen atoms in total. The number of nitrogens with zero attached hydrogens (tertiary/aromatic N) is 4. The van der Waals surface area contributed by atoms with E-state index in [2.05, 4.69) is 29.3 Å². The molecule has 1 fully saturated rings. The molecule has 0 N–H and O–H groups in total. The van der Waals surface area contributed by atoms with Gasteiger partial charge in [-0.2, -0.15) is 0 Å². The summed E-state index contributed by atoms with van der Waals surface area (Å²) in [5.41, 5.74) is 3.19. The minimum atomic E-state index is 0.178. The zero-order valence-electron chi connectivity index (χ0n) is 15.3. The van der Waals surface area contributed by atoms with E-state index in [1.165, 1.54) is 17.3 Å². The molecule has 6 heteroatoms. The summed E-state index contributed by atoms with van der Waals surface area (Å²) in [6.07, 6.45) is 2.21. The van der Waals surface area contributed by atoms with Crippen LogP contribution in [-0.2, 0) is 4.79 Å². The lowest BCUT2D eigenvalue weighted by molar-refractivity contribution is -0.127. The Morgan fingerprint density at radius 1 is 1.04 bits per heavy atom. The smallest absolute Gasteiger partial charge is 0.233 e. The number of carbonyl (C=O) groups is 1. The highest BCUT2D eigenvalue weighted by Gasteiger charge is 2.21. The lowest BCUT2D eigenvalue weighted by atomic mass is 10.1. The fraction of sp³-hybridized carbons (Fsp3) is 0.286. The molecule has 0 unspecified atom stereocenters. The zero-order valence-corrected chi connectivity index (χ0v) is 16.2. The van der Waals surface area contributed by atoms with Gasteiger partial charge in [0.25, 0.3) is 0 Å². The topological polar surface area (TPSA) is 51.0 Å². The lowest BCUT2D eigenvalue weighted by Gasteiger charge is -2.15. The van der Waals surface area contributed by atoms with Crippen molar-refractivity contribution in [2.75, 3.05) is 18.8 Å². The Labute approximate surface area is 163 Å². The molecule has 2 heterocycles. The van der Waals surface area contributed by atoms with Crippen molar-refractivity contribution in [3.05, 3.63) is 60.2 Å². The third-order valence-corrected chi connectivity index (χ3v) is 5.62. The zero-order chi connectivity index (χ0) is 18.6. The molecule has 3 aromatic rings. The molecule has 0 saturated carbocycles. The number of para-hydroxylation sites is 1. The first-order valence-corrected chi connectivity index (χ1v) is 10.2. The number of rotatable bonds is 5. The SMILES string of the molecule is Cc1cccc(-c2nnc(SCC(=O)N3CCCC3)n2-c2ccccc2)c1. The summed E-state index contributed by atoms with van der Waals surface area (Å²) in [5.74, 6) is 1.36. The van der Waals surface area contributed by atoms with Crippen LogP contribution in [0.3, 0.4) is 0 Å². The van der Waals surface area contributed by atoms with Crippen LogP contribution in [0.2, 0.25) is 0 Å². The monoisotopic (exact) mass is 378 g/mol. The Morgan fingerprint density at radius 2 is 1.81 bits per heavy atom. The Bertz CT molecular complexity index is 932. The van der Waals surface area contributed by atoms with E-state index in [4.69, 9.17) is 0 Å². The fourth-order valence-corrected chi connectivity index (χ4v) is 4.18. The maximum absolute atomic E-state index is 12.4. The average molecular weight is 379 g/mol. The number of hydrogen-bond donors (Lipinski definition) is 0. The fourth-order valence-electron chi connectivity index (χ4n) is 3.33. The molecule has 0 aliphatic carbocycles. The van der Waals surface area contributed by atoms with Crippen LogP contribution in [0, 0.1) is 6.92 Å². The number of amides is 1. The van der Waals surface area contributed by atoms with Crippen molar-refractivity contribution >= 4 is 17.7 Å². The van der Waals surface area contributed by atoms with Crippen molar-refractivity contribution in [3.8, 4) is 17.1 Å². The standard InChI is InChI=1S/C21H22N4OS/c1-16-8-7-9-17(14-16)20-22-23-21(25(20)18-10-3-2-4-11-18)27-15-19(26)24-12-5-6-13-24/h2-4,7-11,14H,5-6,12-13,15H2,1H3. The van der Waals surface area contributed by atoms with E-state index in [-0.39, 0.29) is 5.91 Å². The first kappa shape index (κ1) is 17.8. The molecule has 0 bridgehead atoms. The van der Waals surface area contributed by atoms with Crippen LogP contribution in [0.1, 0.15) is 18.4 Å². The Hall–Kier alpha value is -2.60. The van der Waals surface area contributed by atoms with Gasteiger partial charge in [-0.15, -0.1) is 10.2 Å². The van der Waals surface area contributed by atoms with Gasteiger partial charge >= 0.3 is 0 Å². The third-order valence-electron chi connectivity index (χ3n) is 4.71. The van der Waals surface area contributed by atoms with Gasteiger partial charge in [-0.1, -0.05) is 53.7 Å². The van der Waals surface area contributed by atoms with Crippen LogP contribution in [0.5, 0.6) is 0 Å². The van der Waals surface area contributed by atoms with Crippen molar-refractivity contribution in [2.45, 2.75) is 24.9 Å². The molecule has 0 atom stereocenters. The molecule has 1 amide bonds. The second-order valence-electron chi connectivity index (χ2n) is 6.72. The van der Waals surface area contributed by atoms with Crippen molar-refractivity contribution in [3.63, 3.8) is 0 Å².